The molecule has 0 spiro atoms. The van der Waals surface area contributed by atoms with Gasteiger partial charge < -0.3 is 4.57 Å². The number of nitrogens with one attached hydrogen (secondary N) is 1. The van der Waals surface area contributed by atoms with Gasteiger partial charge in [0, 0.05) is 44.2 Å². The van der Waals surface area contributed by atoms with E-state index < -0.39 is 0 Å². The van der Waals surface area contributed by atoms with Gasteiger partial charge in [0.25, 0.3) is 0 Å². The van der Waals surface area contributed by atoms with Crippen molar-refractivity contribution < 1.29 is 0 Å². The summed E-state index contributed by atoms with van der Waals surface area (Å²) in [5.74, 6) is 6.63. The lowest BCUT2D eigenvalue weighted by Crippen LogP contribution is -2.30. The van der Waals surface area contributed by atoms with Crippen molar-refractivity contribution in [3.05, 3.63) is 36.2 Å². The third kappa shape index (κ3) is 2.54. The van der Waals surface area contributed by atoms with Crippen LogP contribution in [0.25, 0.3) is 0 Å². The molecule has 0 aromatic carbocycles. The molecule has 3 N–H and O–H groups in total. The molecule has 6 heteroatoms. The Balaban J connectivity index is 2.15. The van der Waals surface area contributed by atoms with Crippen molar-refractivity contribution >= 4 is 0 Å². The fourth-order valence-electron chi connectivity index (χ4n) is 1.89. The Bertz CT molecular complexity index is 472. The van der Waals surface area contributed by atoms with Gasteiger partial charge in [-0.25, -0.2) is 4.98 Å². The second-order valence-electron chi connectivity index (χ2n) is 4.00. The number of hydrazine groups is 1. The van der Waals surface area contributed by atoms with Crippen LogP contribution in [0.15, 0.2) is 24.8 Å². The van der Waals surface area contributed by atoms with Crippen LogP contribution >= 0.6 is 0 Å². The van der Waals surface area contributed by atoms with E-state index in [0.717, 1.165) is 24.4 Å². The normalized spacial score (nSPS) is 12.9. The SMILES string of the molecule is CCn1ccnc1CC(NN)c1cnn(C)c1. The molecule has 0 amide bonds. The van der Waals surface area contributed by atoms with Crippen LogP contribution in [-0.4, -0.2) is 19.3 Å². The lowest BCUT2D eigenvalue weighted by Gasteiger charge is -2.14. The molecule has 2 aromatic rings. The molecule has 0 fully saturated rings. The molecule has 0 bridgehead atoms. The number of nitrogens with zero attached hydrogens (tertiary/aromatic N) is 4. The van der Waals surface area contributed by atoms with E-state index in [-0.39, 0.29) is 6.04 Å². The lowest BCUT2D eigenvalue weighted by molar-refractivity contribution is 0.523. The molecular formula is C11H18N6. The first-order valence-electron chi connectivity index (χ1n) is 5.69. The highest BCUT2D eigenvalue weighted by Crippen LogP contribution is 2.16. The number of hydrogen-bond donors (Lipinski definition) is 2. The number of rotatable bonds is 5. The molecule has 1 unspecified atom stereocenters. The van der Waals surface area contributed by atoms with Crippen molar-refractivity contribution in [1.82, 2.24) is 24.8 Å². The molecule has 2 rings (SSSR count). The van der Waals surface area contributed by atoms with Crippen molar-refractivity contribution in [2.24, 2.45) is 12.9 Å². The molecule has 0 radical (unpaired) electrons. The Morgan fingerprint density at radius 1 is 1.53 bits per heavy atom. The van der Waals surface area contributed by atoms with Gasteiger partial charge >= 0.3 is 0 Å². The maximum Gasteiger partial charge on any atom is 0.110 e. The Morgan fingerprint density at radius 3 is 2.94 bits per heavy atom. The Morgan fingerprint density at radius 2 is 2.35 bits per heavy atom. The van der Waals surface area contributed by atoms with E-state index in [1.54, 1.807) is 4.68 Å². The van der Waals surface area contributed by atoms with Gasteiger partial charge in [-0.05, 0) is 6.92 Å². The minimum atomic E-state index is 0.0383. The number of aryl methyl sites for hydroxylation is 2. The number of imidazole rings is 1. The average molecular weight is 234 g/mol. The second kappa shape index (κ2) is 5.11. The van der Waals surface area contributed by atoms with Crippen molar-refractivity contribution in [3.63, 3.8) is 0 Å². The molecular weight excluding hydrogens is 216 g/mol. The van der Waals surface area contributed by atoms with Crippen LogP contribution in [-0.2, 0) is 20.0 Å². The zero-order chi connectivity index (χ0) is 12.3. The summed E-state index contributed by atoms with van der Waals surface area (Å²) in [6, 6.07) is 0.0383. The van der Waals surface area contributed by atoms with E-state index >= 15 is 0 Å². The Labute approximate surface area is 100 Å². The van der Waals surface area contributed by atoms with Gasteiger partial charge in [0.05, 0.1) is 12.2 Å². The summed E-state index contributed by atoms with van der Waals surface area (Å²) in [6.45, 7) is 3.01. The molecule has 92 valence electrons. The highest BCUT2D eigenvalue weighted by atomic mass is 15.3. The van der Waals surface area contributed by atoms with Gasteiger partial charge in [-0.1, -0.05) is 0 Å². The van der Waals surface area contributed by atoms with Crippen LogP contribution < -0.4 is 11.3 Å². The van der Waals surface area contributed by atoms with Gasteiger partial charge in [0.15, 0.2) is 0 Å². The van der Waals surface area contributed by atoms with Crippen molar-refractivity contribution in [1.29, 1.82) is 0 Å². The first kappa shape index (κ1) is 11.8. The minimum absolute atomic E-state index is 0.0383. The topological polar surface area (TPSA) is 73.7 Å². The van der Waals surface area contributed by atoms with Crippen molar-refractivity contribution in [2.45, 2.75) is 25.9 Å². The Hall–Kier alpha value is -1.66. The first-order chi connectivity index (χ1) is 8.24. The number of nitrogens with two attached hydrogens (primary N) is 1. The van der Waals surface area contributed by atoms with Crippen LogP contribution in [0.5, 0.6) is 0 Å². The van der Waals surface area contributed by atoms with Crippen LogP contribution in [0.4, 0.5) is 0 Å². The van der Waals surface area contributed by atoms with E-state index in [9.17, 15) is 0 Å². The summed E-state index contributed by atoms with van der Waals surface area (Å²) in [5.41, 5.74) is 3.88. The smallest absolute Gasteiger partial charge is 0.110 e. The van der Waals surface area contributed by atoms with Crippen LogP contribution in [0, 0.1) is 0 Å². The molecule has 0 saturated heterocycles. The van der Waals surface area contributed by atoms with Crippen molar-refractivity contribution in [2.75, 3.05) is 0 Å². The van der Waals surface area contributed by atoms with E-state index in [4.69, 9.17) is 5.84 Å². The predicted octanol–water partition coefficient (Wildman–Crippen LogP) is 0.384. The van der Waals surface area contributed by atoms with Gasteiger partial charge in [-0.2, -0.15) is 5.10 Å². The van der Waals surface area contributed by atoms with E-state index in [1.165, 1.54) is 0 Å². The molecule has 0 aliphatic rings. The maximum absolute atomic E-state index is 5.60. The zero-order valence-corrected chi connectivity index (χ0v) is 10.2. The maximum atomic E-state index is 5.60. The fraction of sp³-hybridized carbons (Fsp3) is 0.455. The summed E-state index contributed by atoms with van der Waals surface area (Å²) in [7, 11) is 1.89. The van der Waals surface area contributed by atoms with Gasteiger partial charge in [0.1, 0.15) is 5.82 Å². The molecule has 0 saturated carbocycles. The molecule has 0 aliphatic heterocycles. The summed E-state index contributed by atoms with van der Waals surface area (Å²) in [5, 5.41) is 4.15. The summed E-state index contributed by atoms with van der Waals surface area (Å²) in [4.78, 5) is 4.35. The van der Waals surface area contributed by atoms with Crippen LogP contribution in [0.2, 0.25) is 0 Å². The van der Waals surface area contributed by atoms with Crippen LogP contribution in [0.3, 0.4) is 0 Å². The Kier molecular flexibility index (Phi) is 3.55. The monoisotopic (exact) mass is 234 g/mol. The van der Waals surface area contributed by atoms with Crippen LogP contribution in [0.1, 0.15) is 24.4 Å². The second-order valence-corrected chi connectivity index (χ2v) is 4.00. The van der Waals surface area contributed by atoms with Gasteiger partial charge in [0.2, 0.25) is 0 Å². The third-order valence-corrected chi connectivity index (χ3v) is 2.86. The van der Waals surface area contributed by atoms with Gasteiger partial charge in [-0.3, -0.25) is 16.0 Å². The molecule has 2 heterocycles. The largest absolute Gasteiger partial charge is 0.335 e. The predicted molar refractivity (Wildman–Crippen MR) is 64.9 cm³/mol. The average Bonchev–Trinajstić information content (AvgIpc) is 2.94. The number of aromatic nitrogens is 4. The van der Waals surface area contributed by atoms with E-state index in [2.05, 4.69) is 27.0 Å². The lowest BCUT2D eigenvalue weighted by atomic mass is 10.1. The fourth-order valence-corrected chi connectivity index (χ4v) is 1.89. The highest BCUT2D eigenvalue weighted by Gasteiger charge is 2.15. The summed E-state index contributed by atoms with van der Waals surface area (Å²) in [6.07, 6.45) is 8.33. The highest BCUT2D eigenvalue weighted by molar-refractivity contribution is 5.12. The first-order valence-corrected chi connectivity index (χ1v) is 5.69. The molecule has 1 atom stereocenters. The molecule has 2 aromatic heterocycles. The zero-order valence-electron chi connectivity index (χ0n) is 10.2. The molecule has 17 heavy (non-hydrogen) atoms. The third-order valence-electron chi connectivity index (χ3n) is 2.86. The quantitative estimate of drug-likeness (QED) is 0.579. The summed E-state index contributed by atoms with van der Waals surface area (Å²) >= 11 is 0. The number of hydrogen-bond acceptors (Lipinski definition) is 4. The van der Waals surface area contributed by atoms with Crippen molar-refractivity contribution in [3.8, 4) is 0 Å². The minimum Gasteiger partial charge on any atom is -0.335 e. The van der Waals surface area contributed by atoms with Gasteiger partial charge in [-0.15, -0.1) is 0 Å². The van der Waals surface area contributed by atoms with E-state index in [1.807, 2.05) is 31.8 Å². The summed E-state index contributed by atoms with van der Waals surface area (Å²) < 4.78 is 3.88. The van der Waals surface area contributed by atoms with E-state index in [0.29, 0.717) is 0 Å². The standard InChI is InChI=1S/C11H18N6/c1-3-17-5-4-13-11(17)6-10(15-12)9-7-14-16(2)8-9/h4-5,7-8,10,15H,3,6,12H2,1-2H3. The molecule has 6 nitrogen and oxygen atoms in total. The molecule has 0 aliphatic carbocycles.